The van der Waals surface area contributed by atoms with Gasteiger partial charge in [-0.05, 0) is 30.7 Å². The largest absolute Gasteiger partial charge is 0.418 e. The summed E-state index contributed by atoms with van der Waals surface area (Å²) in [5.74, 6) is -0.391. The highest BCUT2D eigenvalue weighted by Gasteiger charge is 2.34. The van der Waals surface area contributed by atoms with E-state index in [1.54, 1.807) is 0 Å². The van der Waals surface area contributed by atoms with E-state index in [0.29, 0.717) is 5.75 Å². The molecule has 2 rings (SSSR count). The quantitative estimate of drug-likeness (QED) is 0.734. The Morgan fingerprint density at radius 2 is 1.70 bits per heavy atom. The predicted molar refractivity (Wildman–Crippen MR) is 102 cm³/mol. The maximum absolute atomic E-state index is 13.3. The molecule has 0 radical (unpaired) electrons. The van der Waals surface area contributed by atoms with E-state index in [9.17, 15) is 22.8 Å². The molecule has 2 N–H and O–H groups in total. The second kappa shape index (κ2) is 8.94. The summed E-state index contributed by atoms with van der Waals surface area (Å²) in [5.41, 5.74) is 0.836. The highest BCUT2D eigenvalue weighted by molar-refractivity contribution is 7.99. The van der Waals surface area contributed by atoms with E-state index >= 15 is 0 Å². The summed E-state index contributed by atoms with van der Waals surface area (Å²) in [7, 11) is 0. The summed E-state index contributed by atoms with van der Waals surface area (Å²) in [5, 5.41) is 4.60. The zero-order chi connectivity index (χ0) is 20.0. The van der Waals surface area contributed by atoms with Crippen LogP contribution in [0.4, 0.5) is 24.5 Å². The third-order valence-corrected chi connectivity index (χ3v) is 4.55. The van der Waals surface area contributed by atoms with Crippen LogP contribution in [0.15, 0.2) is 42.5 Å². The van der Waals surface area contributed by atoms with Gasteiger partial charge in [0.05, 0.1) is 17.0 Å². The first-order chi connectivity index (χ1) is 12.6. The molecule has 2 aromatic rings. The van der Waals surface area contributed by atoms with Gasteiger partial charge in [0.1, 0.15) is 0 Å². The molecule has 0 aliphatic rings. The summed E-state index contributed by atoms with van der Waals surface area (Å²) in [6.07, 6.45) is -4.66. The fourth-order valence-corrected chi connectivity index (χ4v) is 3.09. The van der Waals surface area contributed by atoms with Gasteiger partial charge in [0.25, 0.3) is 0 Å². The van der Waals surface area contributed by atoms with E-state index < -0.39 is 23.6 Å². The summed E-state index contributed by atoms with van der Waals surface area (Å²) < 4.78 is 39.8. The van der Waals surface area contributed by atoms with Crippen molar-refractivity contribution in [1.82, 2.24) is 0 Å². The second-order valence-electron chi connectivity index (χ2n) is 5.97. The van der Waals surface area contributed by atoms with Crippen molar-refractivity contribution in [3.63, 3.8) is 0 Å². The first-order valence-corrected chi connectivity index (χ1v) is 9.22. The Hall–Kier alpha value is -2.48. The van der Waals surface area contributed by atoms with Gasteiger partial charge < -0.3 is 10.6 Å². The van der Waals surface area contributed by atoms with Gasteiger partial charge in [0.2, 0.25) is 11.8 Å². The molecule has 0 unspecified atom stereocenters. The lowest BCUT2D eigenvalue weighted by molar-refractivity contribution is -0.137. The minimum absolute atomic E-state index is 0.0153. The number of halogens is 3. The van der Waals surface area contributed by atoms with Crippen molar-refractivity contribution < 1.29 is 22.8 Å². The monoisotopic (exact) mass is 396 g/mol. The number of amides is 2. The molecule has 0 spiro atoms. The van der Waals surface area contributed by atoms with E-state index in [2.05, 4.69) is 10.6 Å². The molecule has 144 valence electrons. The average molecular weight is 396 g/mol. The summed E-state index contributed by atoms with van der Waals surface area (Å²) in [4.78, 5) is 23.1. The van der Waals surface area contributed by atoms with Crippen LogP contribution in [-0.4, -0.2) is 17.6 Å². The Kier molecular flexibility index (Phi) is 6.90. The fourth-order valence-electron chi connectivity index (χ4n) is 2.30. The SMILES string of the molecule is CC(=O)Nc1ccc(NC(=O)CSCc2ccc(C)cc2)c(C(F)(F)F)c1. The van der Waals surface area contributed by atoms with Crippen molar-refractivity contribution in [2.24, 2.45) is 0 Å². The molecule has 0 aliphatic carbocycles. The van der Waals surface area contributed by atoms with E-state index in [0.717, 1.165) is 23.3 Å². The molecular weight excluding hydrogens is 377 g/mol. The molecule has 0 atom stereocenters. The number of hydrogen-bond donors (Lipinski definition) is 2. The first-order valence-electron chi connectivity index (χ1n) is 8.07. The van der Waals surface area contributed by atoms with E-state index in [1.807, 2.05) is 31.2 Å². The first kappa shape index (κ1) is 20.8. The van der Waals surface area contributed by atoms with Gasteiger partial charge in [-0.3, -0.25) is 9.59 Å². The van der Waals surface area contributed by atoms with Crippen LogP contribution >= 0.6 is 11.8 Å². The van der Waals surface area contributed by atoms with Crippen molar-refractivity contribution in [3.05, 3.63) is 59.2 Å². The smallest absolute Gasteiger partial charge is 0.326 e. The van der Waals surface area contributed by atoms with Crippen LogP contribution in [0.25, 0.3) is 0 Å². The molecule has 4 nitrogen and oxygen atoms in total. The number of rotatable bonds is 6. The Morgan fingerprint density at radius 3 is 2.30 bits per heavy atom. The van der Waals surface area contributed by atoms with Crippen LogP contribution in [0, 0.1) is 6.92 Å². The van der Waals surface area contributed by atoms with Crippen LogP contribution in [0.1, 0.15) is 23.6 Å². The topological polar surface area (TPSA) is 58.2 Å². The lowest BCUT2D eigenvalue weighted by Crippen LogP contribution is -2.19. The maximum Gasteiger partial charge on any atom is 0.418 e. The number of alkyl halides is 3. The van der Waals surface area contributed by atoms with Gasteiger partial charge in [-0.1, -0.05) is 29.8 Å². The zero-order valence-corrected chi connectivity index (χ0v) is 15.6. The van der Waals surface area contributed by atoms with Crippen molar-refractivity contribution in [2.75, 3.05) is 16.4 Å². The summed E-state index contributed by atoms with van der Waals surface area (Å²) in [6, 6.07) is 11.1. The van der Waals surface area contributed by atoms with Crippen molar-refractivity contribution in [3.8, 4) is 0 Å². The second-order valence-corrected chi connectivity index (χ2v) is 6.95. The van der Waals surface area contributed by atoms with Crippen LogP contribution in [0.2, 0.25) is 0 Å². The van der Waals surface area contributed by atoms with Gasteiger partial charge >= 0.3 is 6.18 Å². The van der Waals surface area contributed by atoms with Crippen LogP contribution in [0.3, 0.4) is 0 Å². The van der Waals surface area contributed by atoms with Crippen molar-refractivity contribution >= 4 is 35.0 Å². The molecule has 0 bridgehead atoms. The molecule has 0 heterocycles. The molecule has 2 amide bonds. The highest BCUT2D eigenvalue weighted by Crippen LogP contribution is 2.36. The number of anilines is 2. The normalized spacial score (nSPS) is 11.1. The van der Waals surface area contributed by atoms with Crippen LogP contribution < -0.4 is 10.6 Å². The summed E-state index contributed by atoms with van der Waals surface area (Å²) >= 11 is 1.31. The number of benzene rings is 2. The zero-order valence-electron chi connectivity index (χ0n) is 14.8. The molecule has 0 aliphatic heterocycles. The van der Waals surface area contributed by atoms with E-state index in [-0.39, 0.29) is 17.1 Å². The molecule has 0 fully saturated rings. The van der Waals surface area contributed by atoms with Crippen LogP contribution in [-0.2, 0) is 21.5 Å². The maximum atomic E-state index is 13.3. The molecule has 2 aromatic carbocycles. The molecule has 8 heteroatoms. The molecule has 0 saturated carbocycles. The minimum Gasteiger partial charge on any atom is -0.326 e. The Balaban J connectivity index is 2.01. The van der Waals surface area contributed by atoms with Gasteiger partial charge in [-0.15, -0.1) is 11.8 Å². The molecular formula is C19H19F3N2O2S. The third-order valence-electron chi connectivity index (χ3n) is 3.54. The Morgan fingerprint density at radius 1 is 1.04 bits per heavy atom. The number of nitrogens with one attached hydrogen (secondary N) is 2. The molecule has 27 heavy (non-hydrogen) atoms. The number of thioether (sulfide) groups is 1. The van der Waals surface area contributed by atoms with E-state index in [1.165, 1.54) is 24.8 Å². The number of carbonyl (C=O) groups is 2. The number of carbonyl (C=O) groups excluding carboxylic acids is 2. The number of aryl methyl sites for hydroxylation is 1. The molecule has 0 saturated heterocycles. The molecule has 0 aromatic heterocycles. The lowest BCUT2D eigenvalue weighted by Gasteiger charge is -2.15. The van der Waals surface area contributed by atoms with Crippen molar-refractivity contribution in [2.45, 2.75) is 25.8 Å². The van der Waals surface area contributed by atoms with Gasteiger partial charge in [-0.2, -0.15) is 13.2 Å². The Bertz CT molecular complexity index is 821. The Labute approximate surface area is 159 Å². The minimum atomic E-state index is -4.66. The highest BCUT2D eigenvalue weighted by atomic mass is 32.2. The summed E-state index contributed by atoms with van der Waals surface area (Å²) in [6.45, 7) is 3.17. The van der Waals surface area contributed by atoms with Gasteiger partial charge in [-0.25, -0.2) is 0 Å². The number of hydrogen-bond acceptors (Lipinski definition) is 3. The average Bonchev–Trinajstić information content (AvgIpc) is 2.56. The van der Waals surface area contributed by atoms with Crippen molar-refractivity contribution in [1.29, 1.82) is 0 Å². The lowest BCUT2D eigenvalue weighted by atomic mass is 10.1. The van der Waals surface area contributed by atoms with Gasteiger partial charge in [0, 0.05) is 18.4 Å². The van der Waals surface area contributed by atoms with Gasteiger partial charge in [0.15, 0.2) is 0 Å². The van der Waals surface area contributed by atoms with E-state index in [4.69, 9.17) is 0 Å². The standard InChI is InChI=1S/C19H19F3N2O2S/c1-12-3-5-14(6-4-12)10-27-11-18(26)24-17-8-7-15(23-13(2)25)9-16(17)19(20,21)22/h3-9H,10-11H2,1-2H3,(H,23,25)(H,24,26). The third kappa shape index (κ3) is 6.63. The fraction of sp³-hybridized carbons (Fsp3) is 0.263. The van der Waals surface area contributed by atoms with Crippen LogP contribution in [0.5, 0.6) is 0 Å². The predicted octanol–water partition coefficient (Wildman–Crippen LogP) is 4.84.